The van der Waals surface area contributed by atoms with Crippen LogP contribution in [-0.4, -0.2) is 40.1 Å². The second-order valence-corrected chi connectivity index (χ2v) is 8.67. The molecule has 0 radical (unpaired) electrons. The van der Waals surface area contributed by atoms with Crippen LogP contribution in [0, 0.1) is 0 Å². The van der Waals surface area contributed by atoms with Gasteiger partial charge >= 0.3 is 6.18 Å². The van der Waals surface area contributed by atoms with Gasteiger partial charge in [-0.25, -0.2) is 8.42 Å². The molecule has 1 N–H and O–H groups in total. The van der Waals surface area contributed by atoms with E-state index in [1.165, 1.54) is 30.3 Å². The van der Waals surface area contributed by atoms with Gasteiger partial charge in [0.15, 0.2) is 0 Å². The van der Waals surface area contributed by atoms with Crippen molar-refractivity contribution in [2.24, 2.45) is 0 Å². The van der Waals surface area contributed by atoms with Crippen LogP contribution >= 0.6 is 0 Å². The minimum Gasteiger partial charge on any atom is -0.376 e. The first-order valence-electron chi connectivity index (χ1n) is 9.31. The summed E-state index contributed by atoms with van der Waals surface area (Å²) < 4.78 is 71.8. The van der Waals surface area contributed by atoms with Crippen LogP contribution in [0.4, 0.5) is 18.9 Å². The summed E-state index contributed by atoms with van der Waals surface area (Å²) in [6, 6.07) is 11.1. The smallest absolute Gasteiger partial charge is 0.376 e. The predicted octanol–water partition coefficient (Wildman–Crippen LogP) is 3.20. The van der Waals surface area contributed by atoms with Crippen LogP contribution in [0.5, 0.6) is 0 Å². The van der Waals surface area contributed by atoms with Crippen molar-refractivity contribution in [2.75, 3.05) is 24.0 Å². The molecule has 162 valence electrons. The van der Waals surface area contributed by atoms with Gasteiger partial charge in [-0.1, -0.05) is 24.3 Å². The molecule has 1 unspecified atom stereocenters. The molecule has 1 heterocycles. The standard InChI is InChI=1S/C20H21F3N2O4S/c21-20(22,23)15-6-4-7-16(12-15)25(30(27,28)18-9-2-1-3-10-18)14-19(26)24-13-17-8-5-11-29-17/h1-4,6-7,9-10,12,17H,5,8,11,13-14H2,(H,24,26). The van der Waals surface area contributed by atoms with E-state index in [1.807, 2.05) is 0 Å². The molecule has 1 atom stereocenters. The van der Waals surface area contributed by atoms with Crippen molar-refractivity contribution >= 4 is 21.6 Å². The number of halogens is 3. The Morgan fingerprint density at radius 2 is 1.87 bits per heavy atom. The minimum atomic E-state index is -4.65. The Kier molecular flexibility index (Phi) is 6.67. The topological polar surface area (TPSA) is 75.7 Å². The van der Waals surface area contributed by atoms with E-state index >= 15 is 0 Å². The lowest BCUT2D eigenvalue weighted by molar-refractivity contribution is -0.137. The zero-order chi connectivity index (χ0) is 21.8. The highest BCUT2D eigenvalue weighted by atomic mass is 32.2. The van der Waals surface area contributed by atoms with Gasteiger partial charge < -0.3 is 10.1 Å². The predicted molar refractivity (Wildman–Crippen MR) is 104 cm³/mol. The van der Waals surface area contributed by atoms with Gasteiger partial charge in [-0.05, 0) is 43.2 Å². The fourth-order valence-electron chi connectivity index (χ4n) is 3.09. The van der Waals surface area contributed by atoms with Crippen molar-refractivity contribution in [1.82, 2.24) is 5.32 Å². The molecule has 0 spiro atoms. The quantitative estimate of drug-likeness (QED) is 0.715. The molecular weight excluding hydrogens is 421 g/mol. The number of anilines is 1. The molecule has 10 heteroatoms. The van der Waals surface area contributed by atoms with E-state index in [9.17, 15) is 26.4 Å². The fraction of sp³-hybridized carbons (Fsp3) is 0.350. The third kappa shape index (κ3) is 5.31. The highest BCUT2D eigenvalue weighted by molar-refractivity contribution is 7.92. The molecule has 0 saturated carbocycles. The van der Waals surface area contributed by atoms with Crippen molar-refractivity contribution in [1.29, 1.82) is 0 Å². The number of hydrogen-bond acceptors (Lipinski definition) is 4. The van der Waals surface area contributed by atoms with Gasteiger partial charge in [0.1, 0.15) is 6.54 Å². The molecule has 0 bridgehead atoms. The van der Waals surface area contributed by atoms with Gasteiger partial charge in [0.25, 0.3) is 10.0 Å². The highest BCUT2D eigenvalue weighted by Gasteiger charge is 2.33. The molecule has 1 fully saturated rings. The normalized spacial score (nSPS) is 17.0. The van der Waals surface area contributed by atoms with Crippen LogP contribution in [0.15, 0.2) is 59.5 Å². The number of ether oxygens (including phenoxy) is 1. The Morgan fingerprint density at radius 3 is 2.50 bits per heavy atom. The molecule has 2 aromatic rings. The Balaban J connectivity index is 1.90. The molecule has 1 amide bonds. The molecule has 1 aliphatic heterocycles. The summed E-state index contributed by atoms with van der Waals surface area (Å²) in [5.74, 6) is -0.637. The number of hydrogen-bond donors (Lipinski definition) is 1. The zero-order valence-electron chi connectivity index (χ0n) is 15.9. The summed E-state index contributed by atoms with van der Waals surface area (Å²) in [5, 5.41) is 2.60. The molecule has 2 aromatic carbocycles. The molecule has 0 aliphatic carbocycles. The van der Waals surface area contributed by atoms with Crippen molar-refractivity contribution in [3.05, 3.63) is 60.2 Å². The summed E-state index contributed by atoms with van der Waals surface area (Å²) in [4.78, 5) is 12.3. The van der Waals surface area contributed by atoms with Crippen LogP contribution in [-0.2, 0) is 25.7 Å². The monoisotopic (exact) mass is 442 g/mol. The molecule has 30 heavy (non-hydrogen) atoms. The average molecular weight is 442 g/mol. The number of carbonyl (C=O) groups is 1. The second kappa shape index (κ2) is 9.05. The lowest BCUT2D eigenvalue weighted by Crippen LogP contribution is -2.42. The third-order valence-electron chi connectivity index (χ3n) is 4.63. The van der Waals surface area contributed by atoms with Gasteiger partial charge in [-0.15, -0.1) is 0 Å². The zero-order valence-corrected chi connectivity index (χ0v) is 16.7. The van der Waals surface area contributed by atoms with Crippen LogP contribution in [0.2, 0.25) is 0 Å². The van der Waals surface area contributed by atoms with Crippen molar-refractivity contribution < 1.29 is 31.1 Å². The van der Waals surface area contributed by atoms with Crippen molar-refractivity contribution in [3.8, 4) is 0 Å². The first-order valence-corrected chi connectivity index (χ1v) is 10.8. The number of sulfonamides is 1. The Labute approximate surface area is 172 Å². The summed E-state index contributed by atoms with van der Waals surface area (Å²) in [6.07, 6.45) is -3.15. The van der Waals surface area contributed by atoms with Crippen molar-refractivity contribution in [3.63, 3.8) is 0 Å². The van der Waals surface area contributed by atoms with Crippen molar-refractivity contribution in [2.45, 2.75) is 30.0 Å². The first kappa shape index (κ1) is 22.1. The maximum atomic E-state index is 13.1. The summed E-state index contributed by atoms with van der Waals surface area (Å²) in [7, 11) is -4.27. The number of amides is 1. The summed E-state index contributed by atoms with van der Waals surface area (Å²) >= 11 is 0. The molecule has 0 aromatic heterocycles. The number of rotatable bonds is 7. The summed E-state index contributed by atoms with van der Waals surface area (Å²) in [5.41, 5.74) is -1.26. The number of benzene rings is 2. The number of nitrogens with zero attached hydrogens (tertiary/aromatic N) is 1. The molecule has 6 nitrogen and oxygen atoms in total. The molecule has 1 aliphatic rings. The van der Waals surface area contributed by atoms with E-state index in [1.54, 1.807) is 6.07 Å². The summed E-state index contributed by atoms with van der Waals surface area (Å²) in [6.45, 7) is 0.144. The average Bonchev–Trinajstić information content (AvgIpc) is 3.24. The number of nitrogens with one attached hydrogen (secondary N) is 1. The SMILES string of the molecule is O=C(CN(c1cccc(C(F)(F)F)c1)S(=O)(=O)c1ccccc1)NCC1CCCO1. The van der Waals surface area contributed by atoms with E-state index < -0.39 is 34.2 Å². The van der Waals surface area contributed by atoms with Gasteiger partial charge in [-0.2, -0.15) is 13.2 Å². The van der Waals surface area contributed by atoms with E-state index in [0.717, 1.165) is 25.0 Å². The van der Waals surface area contributed by atoms with Gasteiger partial charge in [-0.3, -0.25) is 9.10 Å². The molecule has 3 rings (SSSR count). The maximum Gasteiger partial charge on any atom is 0.416 e. The number of carbonyl (C=O) groups excluding carboxylic acids is 1. The van der Waals surface area contributed by atoms with Crippen LogP contribution in [0.25, 0.3) is 0 Å². The largest absolute Gasteiger partial charge is 0.416 e. The van der Waals surface area contributed by atoms with E-state index in [4.69, 9.17) is 4.74 Å². The Bertz CT molecular complexity index is 975. The molecule has 1 saturated heterocycles. The van der Waals surface area contributed by atoms with Gasteiger partial charge in [0.2, 0.25) is 5.91 Å². The van der Waals surface area contributed by atoms with Gasteiger partial charge in [0.05, 0.1) is 22.3 Å². The van der Waals surface area contributed by atoms with E-state index in [-0.39, 0.29) is 23.2 Å². The minimum absolute atomic E-state index is 0.130. The fourth-order valence-corrected chi connectivity index (χ4v) is 4.53. The Morgan fingerprint density at radius 1 is 1.13 bits per heavy atom. The first-order chi connectivity index (χ1) is 14.2. The van der Waals surface area contributed by atoms with Gasteiger partial charge in [0, 0.05) is 13.2 Å². The Hall–Kier alpha value is -2.59. The lowest BCUT2D eigenvalue weighted by Gasteiger charge is -2.25. The van der Waals surface area contributed by atoms with E-state index in [2.05, 4.69) is 5.32 Å². The lowest BCUT2D eigenvalue weighted by atomic mass is 10.2. The van der Waals surface area contributed by atoms with E-state index in [0.29, 0.717) is 17.0 Å². The van der Waals surface area contributed by atoms with Crippen LogP contribution in [0.1, 0.15) is 18.4 Å². The van der Waals surface area contributed by atoms with Crippen LogP contribution in [0.3, 0.4) is 0 Å². The highest BCUT2D eigenvalue weighted by Crippen LogP contribution is 2.33. The second-order valence-electron chi connectivity index (χ2n) is 6.81. The van der Waals surface area contributed by atoms with Crippen LogP contribution < -0.4 is 9.62 Å². The maximum absolute atomic E-state index is 13.1. The number of alkyl halides is 3. The third-order valence-corrected chi connectivity index (χ3v) is 6.42. The molecular formula is C20H21F3N2O4S.